The van der Waals surface area contributed by atoms with Crippen LogP contribution >= 0.6 is 0 Å². The number of halogens is 4. The van der Waals surface area contributed by atoms with E-state index in [2.05, 4.69) is 26.1 Å². The summed E-state index contributed by atoms with van der Waals surface area (Å²) in [4.78, 5) is 20.1. The number of fused-ring (bicyclic) bond motifs is 1. The summed E-state index contributed by atoms with van der Waals surface area (Å²) in [5.74, 6) is -3.56. The third-order valence-electron chi connectivity index (χ3n) is 5.74. The fourth-order valence-corrected chi connectivity index (χ4v) is 5.53. The Morgan fingerprint density at radius 3 is 2.53 bits per heavy atom. The number of carboxylic acids is 1. The third-order valence-corrected chi connectivity index (χ3v) is 7.57. The molecule has 0 atom stereocenters. The van der Waals surface area contributed by atoms with Crippen LogP contribution in [0.15, 0.2) is 60.1 Å². The zero-order chi connectivity index (χ0) is 27.7. The summed E-state index contributed by atoms with van der Waals surface area (Å²) in [6.07, 6.45) is 1.56. The number of aromatic amines is 1. The monoisotopic (exact) mass is 551 g/mol. The summed E-state index contributed by atoms with van der Waals surface area (Å²) in [6, 6.07) is 9.23. The molecular weight excluding hydrogens is 534 g/mol. The predicted molar refractivity (Wildman–Crippen MR) is 122 cm³/mol. The molecule has 0 saturated carbocycles. The van der Waals surface area contributed by atoms with Gasteiger partial charge in [0.2, 0.25) is 10.0 Å². The van der Waals surface area contributed by atoms with Crippen molar-refractivity contribution in [2.24, 2.45) is 0 Å². The van der Waals surface area contributed by atoms with Gasteiger partial charge in [-0.2, -0.15) is 27.8 Å². The molecule has 4 aromatic rings. The van der Waals surface area contributed by atoms with Crippen molar-refractivity contribution < 1.29 is 35.9 Å². The molecule has 2 N–H and O–H groups in total. The molecule has 16 heteroatoms. The Kier molecular flexibility index (Phi) is 6.91. The van der Waals surface area contributed by atoms with E-state index in [9.17, 15) is 31.2 Å². The lowest BCUT2D eigenvalue weighted by molar-refractivity contribution is -0.192. The van der Waals surface area contributed by atoms with E-state index in [0.29, 0.717) is 11.3 Å². The van der Waals surface area contributed by atoms with Crippen molar-refractivity contribution in [3.63, 3.8) is 0 Å². The van der Waals surface area contributed by atoms with Crippen LogP contribution in [0.2, 0.25) is 0 Å². The van der Waals surface area contributed by atoms with E-state index in [1.165, 1.54) is 28.8 Å². The van der Waals surface area contributed by atoms with E-state index < -0.39 is 33.5 Å². The number of nitrogens with one attached hydrogen (secondary N) is 1. The first-order chi connectivity index (χ1) is 17.9. The summed E-state index contributed by atoms with van der Waals surface area (Å²) < 4.78 is 74.3. The van der Waals surface area contributed by atoms with E-state index >= 15 is 0 Å². The Labute approximate surface area is 212 Å². The summed E-state index contributed by atoms with van der Waals surface area (Å²) in [5, 5.41) is 21.7. The number of nitrogens with zero attached hydrogens (tertiary/aromatic N) is 6. The zero-order valence-corrected chi connectivity index (χ0v) is 19.9. The highest BCUT2D eigenvalue weighted by Gasteiger charge is 2.51. The van der Waals surface area contributed by atoms with E-state index in [1.54, 1.807) is 23.3 Å². The van der Waals surface area contributed by atoms with E-state index in [1.807, 2.05) is 6.07 Å². The number of hydrogen-bond donors (Lipinski definition) is 2. The first-order valence-electron chi connectivity index (χ1n) is 10.6. The maximum Gasteiger partial charge on any atom is 0.490 e. The molecule has 0 aliphatic carbocycles. The van der Waals surface area contributed by atoms with Gasteiger partial charge < -0.3 is 10.1 Å². The molecule has 5 rings (SSSR count). The number of alkyl halides is 3. The van der Waals surface area contributed by atoms with Gasteiger partial charge in [-0.15, -0.1) is 0 Å². The molecule has 1 aliphatic rings. The van der Waals surface area contributed by atoms with Crippen LogP contribution in [0.3, 0.4) is 0 Å². The average Bonchev–Trinajstić information content (AvgIpc) is 3.51. The van der Waals surface area contributed by atoms with Crippen molar-refractivity contribution in [1.82, 2.24) is 29.0 Å². The first-order valence-corrected chi connectivity index (χ1v) is 12.1. The van der Waals surface area contributed by atoms with Crippen LogP contribution in [0.5, 0.6) is 0 Å². The SMILES string of the molecule is N#CCC1(n2cc(-c3ncnc4[nH]ccc34)cn2)CN(S(=O)(=O)c2ccccc2F)C1.O=C(O)C(F)(F)F. The Hall–Kier alpha value is -4.36. The number of sulfonamides is 1. The molecule has 1 aliphatic heterocycles. The van der Waals surface area contributed by atoms with Crippen LogP contribution in [0.4, 0.5) is 17.6 Å². The van der Waals surface area contributed by atoms with E-state index in [0.717, 1.165) is 17.0 Å². The molecule has 0 unspecified atom stereocenters. The number of aliphatic carboxylic acids is 1. The van der Waals surface area contributed by atoms with Crippen molar-refractivity contribution in [2.45, 2.75) is 23.0 Å². The van der Waals surface area contributed by atoms with Gasteiger partial charge in [0.05, 0.1) is 24.4 Å². The van der Waals surface area contributed by atoms with Crippen molar-refractivity contribution in [2.75, 3.05) is 13.1 Å². The number of H-pyrrole nitrogens is 1. The minimum atomic E-state index is -5.08. The first kappa shape index (κ1) is 26.7. The van der Waals surface area contributed by atoms with Crippen LogP contribution in [-0.4, -0.2) is 67.8 Å². The Morgan fingerprint density at radius 1 is 1.21 bits per heavy atom. The van der Waals surface area contributed by atoms with E-state index in [4.69, 9.17) is 9.90 Å². The number of hydrogen-bond acceptors (Lipinski definition) is 7. The zero-order valence-electron chi connectivity index (χ0n) is 19.1. The van der Waals surface area contributed by atoms with E-state index in [-0.39, 0.29) is 24.4 Å². The highest BCUT2D eigenvalue weighted by molar-refractivity contribution is 7.89. The minimum Gasteiger partial charge on any atom is -0.475 e. The summed E-state index contributed by atoms with van der Waals surface area (Å²) in [6.45, 7) is 0.0311. The predicted octanol–water partition coefficient (Wildman–Crippen LogP) is 2.91. The van der Waals surface area contributed by atoms with Gasteiger partial charge in [0.1, 0.15) is 28.2 Å². The van der Waals surface area contributed by atoms with Gasteiger partial charge in [-0.05, 0) is 18.2 Å². The van der Waals surface area contributed by atoms with Gasteiger partial charge in [-0.25, -0.2) is 27.6 Å². The fraction of sp³-hybridized carbons (Fsp3) is 0.227. The maximum absolute atomic E-state index is 14.1. The van der Waals surface area contributed by atoms with Crippen LogP contribution in [-0.2, 0) is 20.4 Å². The number of carbonyl (C=O) groups is 1. The lowest BCUT2D eigenvalue weighted by Gasteiger charge is -2.47. The smallest absolute Gasteiger partial charge is 0.475 e. The van der Waals surface area contributed by atoms with Crippen LogP contribution in [0.25, 0.3) is 22.3 Å². The lowest BCUT2D eigenvalue weighted by atomic mass is 9.89. The molecule has 1 fully saturated rings. The van der Waals surface area contributed by atoms with Crippen LogP contribution in [0.1, 0.15) is 6.42 Å². The Morgan fingerprint density at radius 2 is 1.89 bits per heavy atom. The molecular formula is C22H17F4N7O4S. The topological polar surface area (TPSA) is 158 Å². The molecule has 1 saturated heterocycles. The summed E-state index contributed by atoms with van der Waals surface area (Å²) in [5.41, 5.74) is 1.25. The second kappa shape index (κ2) is 9.84. The van der Waals surface area contributed by atoms with Gasteiger partial charge in [-0.1, -0.05) is 12.1 Å². The molecule has 0 radical (unpaired) electrons. The number of aromatic nitrogens is 5. The molecule has 0 bridgehead atoms. The highest BCUT2D eigenvalue weighted by atomic mass is 32.2. The average molecular weight is 551 g/mol. The highest BCUT2D eigenvalue weighted by Crippen LogP contribution is 2.37. The molecule has 1 aromatic carbocycles. The van der Waals surface area contributed by atoms with Crippen molar-refractivity contribution >= 4 is 27.0 Å². The van der Waals surface area contributed by atoms with Crippen LogP contribution < -0.4 is 0 Å². The molecule has 0 spiro atoms. The van der Waals surface area contributed by atoms with Crippen molar-refractivity contribution in [3.8, 4) is 17.3 Å². The Bertz CT molecular complexity index is 1640. The number of benzene rings is 1. The second-order valence-electron chi connectivity index (χ2n) is 8.20. The van der Waals surface area contributed by atoms with Crippen molar-refractivity contribution in [1.29, 1.82) is 5.26 Å². The second-order valence-corrected chi connectivity index (χ2v) is 10.1. The molecule has 198 valence electrons. The van der Waals surface area contributed by atoms with Gasteiger partial charge in [0, 0.05) is 36.4 Å². The Balaban J connectivity index is 0.000000426. The minimum absolute atomic E-state index is 0.0156. The number of nitriles is 1. The molecule has 11 nitrogen and oxygen atoms in total. The van der Waals surface area contributed by atoms with Crippen molar-refractivity contribution in [3.05, 3.63) is 61.1 Å². The lowest BCUT2D eigenvalue weighted by Crippen LogP contribution is -2.64. The normalized spacial score (nSPS) is 15.2. The van der Waals surface area contributed by atoms with Gasteiger partial charge in [0.15, 0.2) is 0 Å². The number of rotatable bonds is 5. The van der Waals surface area contributed by atoms with Gasteiger partial charge in [0.25, 0.3) is 0 Å². The van der Waals surface area contributed by atoms with Crippen LogP contribution in [0, 0.1) is 17.1 Å². The third kappa shape index (κ3) is 4.93. The summed E-state index contributed by atoms with van der Waals surface area (Å²) in [7, 11) is -4.01. The fourth-order valence-electron chi connectivity index (χ4n) is 3.86. The molecule has 4 heterocycles. The summed E-state index contributed by atoms with van der Waals surface area (Å²) >= 11 is 0. The molecule has 3 aromatic heterocycles. The molecule has 38 heavy (non-hydrogen) atoms. The number of carboxylic acid groups (broad SMARTS) is 1. The van der Waals surface area contributed by atoms with Gasteiger partial charge in [-0.3, -0.25) is 4.68 Å². The standard InChI is InChI=1S/C20H16FN7O2S.C2HF3O2/c21-16-3-1-2-4-17(16)31(29,30)27-11-20(12-27,6-7-22)28-10-14(9-26-28)18-15-5-8-23-19(15)25-13-24-18;3-2(4,5)1(6)7/h1-5,8-10,13H,6,11-12H2,(H,23,24,25);(H,6,7). The van der Waals surface area contributed by atoms with Gasteiger partial charge >= 0.3 is 12.1 Å². The maximum atomic E-state index is 14.1. The largest absolute Gasteiger partial charge is 0.490 e. The quantitative estimate of drug-likeness (QED) is 0.359. The molecule has 0 amide bonds.